The first kappa shape index (κ1) is 44.0. The molecule has 0 spiro atoms. The van der Waals surface area contributed by atoms with Gasteiger partial charge in [0.15, 0.2) is 0 Å². The van der Waals surface area contributed by atoms with Crippen LogP contribution in [0.5, 0.6) is 0 Å². The molecule has 3 heteroatoms. The van der Waals surface area contributed by atoms with Gasteiger partial charge in [0.05, 0.1) is 11.1 Å². The Morgan fingerprint density at radius 2 is 0.842 bits per heavy atom. The summed E-state index contributed by atoms with van der Waals surface area (Å²) in [5, 5.41) is 4.87. The molecule has 2 aromatic heterocycles. The molecule has 2 nitrogen and oxygen atoms in total. The molecule has 15 rings (SSSR count). The van der Waals surface area contributed by atoms with Gasteiger partial charge in [-0.1, -0.05) is 224 Å². The van der Waals surface area contributed by atoms with Gasteiger partial charge in [-0.25, -0.2) is 0 Å². The molecule has 0 saturated carbocycles. The van der Waals surface area contributed by atoms with E-state index in [2.05, 4.69) is 284 Å². The smallest absolute Gasteiger partial charge is 0.136 e. The fourth-order valence-electron chi connectivity index (χ4n) is 12.4. The molecule has 0 fully saturated rings. The Hall–Kier alpha value is -9.54. The van der Waals surface area contributed by atoms with Crippen molar-refractivity contribution >= 4 is 70.5 Å². The molecule has 0 atom stereocenters. The zero-order chi connectivity index (χ0) is 50.2. The predicted octanol–water partition coefficient (Wildman–Crippen LogP) is 20.5. The van der Waals surface area contributed by atoms with Crippen molar-refractivity contribution in [2.45, 2.75) is 5.41 Å². The molecule has 0 unspecified atom stereocenters. The summed E-state index contributed by atoms with van der Waals surface area (Å²) in [6.07, 6.45) is 0. The van der Waals surface area contributed by atoms with Crippen LogP contribution in [0.4, 0.5) is 17.1 Å². The first-order valence-electron chi connectivity index (χ1n) is 26.1. The van der Waals surface area contributed by atoms with Gasteiger partial charge in [0.2, 0.25) is 0 Å². The molecule has 0 bridgehead atoms. The van der Waals surface area contributed by atoms with Crippen LogP contribution in [-0.2, 0) is 5.41 Å². The van der Waals surface area contributed by atoms with Crippen LogP contribution in [0, 0.1) is 0 Å². The van der Waals surface area contributed by atoms with E-state index in [1.165, 1.54) is 75.8 Å². The van der Waals surface area contributed by atoms with Crippen molar-refractivity contribution in [3.05, 3.63) is 307 Å². The normalized spacial score (nSPS) is 12.6. The van der Waals surface area contributed by atoms with Crippen LogP contribution in [0.25, 0.3) is 97.7 Å². The van der Waals surface area contributed by atoms with E-state index in [-0.39, 0.29) is 0 Å². The molecule has 14 aromatic rings. The van der Waals surface area contributed by atoms with Crippen molar-refractivity contribution in [3.63, 3.8) is 0 Å². The number of rotatable bonds is 9. The Kier molecular flexibility index (Phi) is 10.3. The second kappa shape index (κ2) is 17.8. The molecule has 0 saturated heterocycles. The first-order chi connectivity index (χ1) is 37.7. The van der Waals surface area contributed by atoms with Gasteiger partial charge in [-0.05, 0) is 133 Å². The highest BCUT2D eigenvalue weighted by Crippen LogP contribution is 2.57. The summed E-state index contributed by atoms with van der Waals surface area (Å²) >= 11 is 1.87. The largest absolute Gasteiger partial charge is 0.456 e. The van der Waals surface area contributed by atoms with E-state index in [1.807, 2.05) is 17.4 Å². The summed E-state index contributed by atoms with van der Waals surface area (Å²) in [6.45, 7) is 0. The van der Waals surface area contributed by atoms with Gasteiger partial charge in [-0.3, -0.25) is 0 Å². The molecule has 356 valence electrons. The average molecular weight is 986 g/mol. The zero-order valence-electron chi connectivity index (χ0n) is 41.4. The number of nitrogens with zero attached hydrogens (tertiary/aromatic N) is 1. The maximum Gasteiger partial charge on any atom is 0.136 e. The minimum Gasteiger partial charge on any atom is -0.456 e. The number of para-hydroxylation sites is 2. The van der Waals surface area contributed by atoms with E-state index in [0.29, 0.717) is 0 Å². The quantitative estimate of drug-likeness (QED) is 0.143. The second-order valence-electron chi connectivity index (χ2n) is 19.9. The number of fused-ring (bicyclic) bond motifs is 9. The molecule has 1 aliphatic rings. The number of thiophene rings is 1. The number of hydrogen-bond donors (Lipinski definition) is 0. The minimum absolute atomic E-state index is 0.444. The Morgan fingerprint density at radius 3 is 1.62 bits per heavy atom. The minimum atomic E-state index is -0.444. The van der Waals surface area contributed by atoms with Crippen molar-refractivity contribution in [2.75, 3.05) is 4.90 Å². The van der Waals surface area contributed by atoms with E-state index < -0.39 is 5.41 Å². The lowest BCUT2D eigenvalue weighted by atomic mass is 9.67. The summed E-state index contributed by atoms with van der Waals surface area (Å²) in [4.78, 5) is 2.42. The van der Waals surface area contributed by atoms with Crippen LogP contribution in [0.3, 0.4) is 0 Å². The molecule has 0 aliphatic heterocycles. The van der Waals surface area contributed by atoms with Crippen LogP contribution in [0.15, 0.2) is 290 Å². The van der Waals surface area contributed by atoms with Gasteiger partial charge >= 0.3 is 0 Å². The second-order valence-corrected chi connectivity index (χ2v) is 20.9. The first-order valence-corrected chi connectivity index (χ1v) is 26.9. The van der Waals surface area contributed by atoms with Gasteiger partial charge < -0.3 is 9.32 Å². The monoisotopic (exact) mass is 985 g/mol. The molecule has 0 amide bonds. The van der Waals surface area contributed by atoms with Gasteiger partial charge in [0, 0.05) is 47.9 Å². The Bertz CT molecular complexity index is 4470. The summed E-state index contributed by atoms with van der Waals surface area (Å²) in [7, 11) is 0. The SMILES string of the molecule is c1ccc(C2(c3ccccc3)c3ccccc3-c3cc(-c4cccc(-c5ccccc5N(c5ccc(-c6cccc7c6sc6ccccc67)cc5)c5ccc(-c6cccc7oc8ccccc8c67)cc5)c4)ccc32)cc1. The highest BCUT2D eigenvalue weighted by atomic mass is 32.1. The van der Waals surface area contributed by atoms with E-state index in [4.69, 9.17) is 4.42 Å². The molecule has 0 N–H and O–H groups in total. The molecule has 0 radical (unpaired) electrons. The maximum atomic E-state index is 6.33. The van der Waals surface area contributed by atoms with Crippen molar-refractivity contribution < 1.29 is 4.42 Å². The van der Waals surface area contributed by atoms with Gasteiger partial charge in [-0.15, -0.1) is 11.3 Å². The van der Waals surface area contributed by atoms with Crippen LogP contribution in [0.1, 0.15) is 22.3 Å². The summed E-state index contributed by atoms with van der Waals surface area (Å²) in [5.41, 5.74) is 21.6. The molecular weight excluding hydrogens is 939 g/mol. The van der Waals surface area contributed by atoms with Gasteiger partial charge in [0.25, 0.3) is 0 Å². The Morgan fingerprint density at radius 1 is 0.316 bits per heavy atom. The molecule has 2 heterocycles. The lowest BCUT2D eigenvalue weighted by molar-refractivity contribution is 0.669. The highest BCUT2D eigenvalue weighted by molar-refractivity contribution is 7.26. The van der Waals surface area contributed by atoms with E-state index in [1.54, 1.807) is 0 Å². The molecule has 76 heavy (non-hydrogen) atoms. The third kappa shape index (κ3) is 6.94. The van der Waals surface area contributed by atoms with E-state index >= 15 is 0 Å². The summed E-state index contributed by atoms with van der Waals surface area (Å²) in [5.74, 6) is 0. The van der Waals surface area contributed by atoms with E-state index in [0.717, 1.165) is 61.3 Å². The standard InChI is InChI=1S/C73H47NOS/c1-3-20-53(21-4-1)73(54-22-5-2-6-23-54)65-31-11-7-25-60(65)64-47-51(40-45-66(64)73)50-18-15-19-52(46-50)57-24-8-12-32-67(57)74(55-41-36-48(37-42-55)58-28-17-34-69-71(58)63-27-9-13-33-68(63)75-69)56-43-38-49(39-44-56)59-29-16-30-62-61-26-10-14-35-70(61)76-72(59)62/h1-47H. The fourth-order valence-corrected chi connectivity index (χ4v) is 13.6. The highest BCUT2D eigenvalue weighted by Gasteiger charge is 2.46. The predicted molar refractivity (Wildman–Crippen MR) is 320 cm³/mol. The lowest BCUT2D eigenvalue weighted by Crippen LogP contribution is -2.28. The average Bonchev–Trinajstić information content (AvgIpc) is 4.29. The third-order valence-electron chi connectivity index (χ3n) is 15.8. The zero-order valence-corrected chi connectivity index (χ0v) is 42.2. The number of furan rings is 1. The topological polar surface area (TPSA) is 16.4 Å². The van der Waals surface area contributed by atoms with Crippen molar-refractivity contribution in [1.82, 2.24) is 0 Å². The van der Waals surface area contributed by atoms with Crippen molar-refractivity contribution in [3.8, 4) is 55.6 Å². The molecule has 1 aliphatic carbocycles. The van der Waals surface area contributed by atoms with Crippen LogP contribution >= 0.6 is 11.3 Å². The Balaban J connectivity index is 0.855. The third-order valence-corrected chi connectivity index (χ3v) is 17.0. The van der Waals surface area contributed by atoms with Gasteiger partial charge in [-0.2, -0.15) is 0 Å². The van der Waals surface area contributed by atoms with Crippen LogP contribution in [0.2, 0.25) is 0 Å². The number of benzene rings is 12. The van der Waals surface area contributed by atoms with Crippen LogP contribution in [-0.4, -0.2) is 0 Å². The van der Waals surface area contributed by atoms with Crippen LogP contribution < -0.4 is 4.90 Å². The van der Waals surface area contributed by atoms with E-state index in [9.17, 15) is 0 Å². The lowest BCUT2D eigenvalue weighted by Gasteiger charge is -2.33. The molecule has 12 aromatic carbocycles. The molecular formula is C73H47NOS. The Labute approximate surface area is 445 Å². The summed E-state index contributed by atoms with van der Waals surface area (Å²) in [6, 6.07) is 104. The van der Waals surface area contributed by atoms with Crippen molar-refractivity contribution in [1.29, 1.82) is 0 Å². The number of hydrogen-bond acceptors (Lipinski definition) is 3. The fraction of sp³-hybridized carbons (Fsp3) is 0.0137. The maximum absolute atomic E-state index is 6.33. The number of anilines is 3. The van der Waals surface area contributed by atoms with Gasteiger partial charge in [0.1, 0.15) is 11.2 Å². The summed E-state index contributed by atoms with van der Waals surface area (Å²) < 4.78 is 8.95. The van der Waals surface area contributed by atoms with Crippen molar-refractivity contribution in [2.24, 2.45) is 0 Å².